The van der Waals surface area contributed by atoms with Gasteiger partial charge < -0.3 is 24.4 Å². The number of hydrogen-bond acceptors (Lipinski definition) is 8. The SMILES string of the molecule is COc1cc2c(Oc3ccc(NC(=O)c4nn(-c5ccc(C)cc5C)c5ccccc5c4=O)cc3F)ccnc2cc1OCCCN1CCCC1. The summed E-state index contributed by atoms with van der Waals surface area (Å²) in [6.07, 6.45) is 4.98. The average molecular weight is 688 g/mol. The van der Waals surface area contributed by atoms with Gasteiger partial charge in [0.25, 0.3) is 5.91 Å². The molecule has 11 heteroatoms. The third kappa shape index (κ3) is 7.11. The van der Waals surface area contributed by atoms with Crippen LogP contribution >= 0.6 is 0 Å². The van der Waals surface area contributed by atoms with Gasteiger partial charge in [0.1, 0.15) is 5.75 Å². The van der Waals surface area contributed by atoms with Crippen molar-refractivity contribution in [3.8, 4) is 28.7 Å². The van der Waals surface area contributed by atoms with Crippen LogP contribution in [0.1, 0.15) is 40.9 Å². The summed E-state index contributed by atoms with van der Waals surface area (Å²) in [6.45, 7) is 7.75. The van der Waals surface area contributed by atoms with Crippen LogP contribution in [-0.4, -0.2) is 58.9 Å². The summed E-state index contributed by atoms with van der Waals surface area (Å²) in [6, 6.07) is 22.1. The van der Waals surface area contributed by atoms with Gasteiger partial charge in [0.2, 0.25) is 5.43 Å². The summed E-state index contributed by atoms with van der Waals surface area (Å²) in [5.74, 6) is -0.104. The normalized spacial score (nSPS) is 13.1. The van der Waals surface area contributed by atoms with Crippen molar-refractivity contribution >= 4 is 33.4 Å². The van der Waals surface area contributed by atoms with Gasteiger partial charge in [-0.05, 0) is 94.2 Å². The highest BCUT2D eigenvalue weighted by molar-refractivity contribution is 6.04. The van der Waals surface area contributed by atoms with Gasteiger partial charge in [-0.1, -0.05) is 29.8 Å². The molecule has 10 nitrogen and oxygen atoms in total. The van der Waals surface area contributed by atoms with Gasteiger partial charge in [-0.2, -0.15) is 5.10 Å². The first-order chi connectivity index (χ1) is 24.8. The number of halogens is 1. The van der Waals surface area contributed by atoms with E-state index in [2.05, 4.69) is 20.3 Å². The molecule has 1 aliphatic rings. The molecule has 1 N–H and O–H groups in total. The molecule has 1 saturated heterocycles. The zero-order valence-electron chi connectivity index (χ0n) is 28.7. The highest BCUT2D eigenvalue weighted by Gasteiger charge is 2.20. The van der Waals surface area contributed by atoms with E-state index in [0.29, 0.717) is 45.7 Å². The van der Waals surface area contributed by atoms with Crippen molar-refractivity contribution in [2.75, 3.05) is 38.7 Å². The molecule has 7 rings (SSSR count). The molecule has 1 aliphatic heterocycles. The molecule has 4 aromatic carbocycles. The minimum Gasteiger partial charge on any atom is -0.493 e. The number of hydrogen-bond donors (Lipinski definition) is 1. The molecule has 6 aromatic rings. The molecular formula is C40H38FN5O5. The van der Waals surface area contributed by atoms with Crippen molar-refractivity contribution in [2.45, 2.75) is 33.1 Å². The number of likely N-dealkylation sites (tertiary alicyclic amines) is 1. The summed E-state index contributed by atoms with van der Waals surface area (Å²) in [5.41, 5.74) is 3.18. The number of para-hydroxylation sites is 1. The van der Waals surface area contributed by atoms with Crippen LogP contribution in [0.2, 0.25) is 0 Å². The number of ether oxygens (including phenoxy) is 3. The van der Waals surface area contributed by atoms with Crippen LogP contribution in [0.3, 0.4) is 0 Å². The van der Waals surface area contributed by atoms with Crippen molar-refractivity contribution in [1.82, 2.24) is 19.7 Å². The van der Waals surface area contributed by atoms with Crippen LogP contribution in [0.4, 0.5) is 10.1 Å². The average Bonchev–Trinajstić information content (AvgIpc) is 3.65. The Morgan fingerprint density at radius 3 is 2.51 bits per heavy atom. The molecule has 0 bridgehead atoms. The Balaban J connectivity index is 1.10. The number of carbonyl (C=O) groups excluding carboxylic acids is 1. The van der Waals surface area contributed by atoms with Crippen LogP contribution in [0.15, 0.2) is 89.9 Å². The predicted molar refractivity (Wildman–Crippen MR) is 195 cm³/mol. The van der Waals surface area contributed by atoms with E-state index in [1.54, 1.807) is 54.4 Å². The van der Waals surface area contributed by atoms with Crippen molar-refractivity contribution in [3.05, 3.63) is 118 Å². The lowest BCUT2D eigenvalue weighted by atomic mass is 10.1. The number of amides is 1. The van der Waals surface area contributed by atoms with Gasteiger partial charge in [0, 0.05) is 35.9 Å². The molecule has 1 fully saturated rings. The van der Waals surface area contributed by atoms with Crippen LogP contribution in [0.5, 0.6) is 23.0 Å². The van der Waals surface area contributed by atoms with Gasteiger partial charge in [0.05, 0.1) is 35.8 Å². The number of anilines is 1. The molecule has 3 heterocycles. The van der Waals surface area contributed by atoms with Crippen molar-refractivity contribution in [2.24, 2.45) is 0 Å². The van der Waals surface area contributed by atoms with E-state index < -0.39 is 17.2 Å². The van der Waals surface area contributed by atoms with E-state index in [1.807, 2.05) is 38.1 Å². The monoisotopic (exact) mass is 687 g/mol. The molecule has 0 unspecified atom stereocenters. The van der Waals surface area contributed by atoms with Crippen molar-refractivity contribution in [3.63, 3.8) is 0 Å². The highest BCUT2D eigenvalue weighted by Crippen LogP contribution is 2.38. The van der Waals surface area contributed by atoms with E-state index in [0.717, 1.165) is 48.9 Å². The van der Waals surface area contributed by atoms with Crippen LogP contribution < -0.4 is 25.0 Å². The fourth-order valence-corrected chi connectivity index (χ4v) is 6.49. The molecule has 2 aromatic heterocycles. The molecule has 0 aliphatic carbocycles. The molecule has 51 heavy (non-hydrogen) atoms. The van der Waals surface area contributed by atoms with E-state index in [9.17, 15) is 9.59 Å². The highest BCUT2D eigenvalue weighted by atomic mass is 19.1. The number of aryl methyl sites for hydroxylation is 2. The second-order valence-corrected chi connectivity index (χ2v) is 12.7. The smallest absolute Gasteiger partial charge is 0.280 e. The lowest BCUT2D eigenvalue weighted by Crippen LogP contribution is -2.27. The topological polar surface area (TPSA) is 108 Å². The second kappa shape index (κ2) is 14.6. The first-order valence-corrected chi connectivity index (χ1v) is 17.0. The number of methoxy groups -OCH3 is 1. The standard InChI is InChI=1S/C40H38FN5O5/c1-25-11-13-32(26(2)21-25)46-33-10-5-4-9-28(33)39(47)38(44-46)40(48)43-27-12-14-35(30(41)22-27)51-34-15-16-42-31-24-37(36(49-3)23-29(31)34)50-20-8-19-45-17-6-7-18-45/h4-5,9-16,21-24H,6-8,17-20H2,1-3H3,(H,43,48). The lowest BCUT2D eigenvalue weighted by Gasteiger charge is -2.16. The number of nitrogens with one attached hydrogen (secondary N) is 1. The molecule has 0 radical (unpaired) electrons. The molecule has 0 saturated carbocycles. The van der Waals surface area contributed by atoms with E-state index in [1.165, 1.54) is 25.0 Å². The van der Waals surface area contributed by atoms with Gasteiger partial charge >= 0.3 is 0 Å². The number of rotatable bonds is 11. The number of carbonyl (C=O) groups is 1. The van der Waals surface area contributed by atoms with Gasteiger partial charge in [-0.25, -0.2) is 9.07 Å². The largest absolute Gasteiger partial charge is 0.493 e. The molecule has 260 valence electrons. The van der Waals surface area contributed by atoms with Gasteiger partial charge in [-0.15, -0.1) is 0 Å². The number of nitrogens with zero attached hydrogens (tertiary/aromatic N) is 4. The van der Waals surface area contributed by atoms with E-state index in [-0.39, 0.29) is 17.1 Å². The van der Waals surface area contributed by atoms with Crippen LogP contribution in [0.25, 0.3) is 27.5 Å². The number of benzene rings is 4. The zero-order valence-corrected chi connectivity index (χ0v) is 28.7. The number of pyridine rings is 1. The third-order valence-corrected chi connectivity index (χ3v) is 9.06. The Hall–Kier alpha value is -5.81. The molecule has 1 amide bonds. The first kappa shape index (κ1) is 33.7. The Morgan fingerprint density at radius 2 is 1.73 bits per heavy atom. The fourth-order valence-electron chi connectivity index (χ4n) is 6.49. The fraction of sp³-hybridized carbons (Fsp3) is 0.250. The number of fused-ring (bicyclic) bond motifs is 2. The predicted octanol–water partition coefficient (Wildman–Crippen LogP) is 7.61. The Labute approximate surface area is 294 Å². The molecule has 0 atom stereocenters. The van der Waals surface area contributed by atoms with Crippen LogP contribution in [-0.2, 0) is 0 Å². The Morgan fingerprint density at radius 1 is 0.902 bits per heavy atom. The zero-order chi connectivity index (χ0) is 35.5. The summed E-state index contributed by atoms with van der Waals surface area (Å²) in [4.78, 5) is 33.8. The number of aromatic nitrogens is 3. The maximum absolute atomic E-state index is 15.5. The van der Waals surface area contributed by atoms with Crippen molar-refractivity contribution < 1.29 is 23.4 Å². The van der Waals surface area contributed by atoms with E-state index >= 15 is 4.39 Å². The Bertz CT molecular complexity index is 2320. The van der Waals surface area contributed by atoms with Crippen LogP contribution in [0, 0.1) is 19.7 Å². The summed E-state index contributed by atoms with van der Waals surface area (Å²) in [7, 11) is 1.56. The van der Waals surface area contributed by atoms with E-state index in [4.69, 9.17) is 14.2 Å². The summed E-state index contributed by atoms with van der Waals surface area (Å²) in [5, 5.41) is 8.07. The Kier molecular flexibility index (Phi) is 9.63. The lowest BCUT2D eigenvalue weighted by molar-refractivity contribution is 0.102. The summed E-state index contributed by atoms with van der Waals surface area (Å²) < 4.78 is 34.8. The van der Waals surface area contributed by atoms with Gasteiger partial charge in [0.15, 0.2) is 28.8 Å². The minimum absolute atomic E-state index is 0.0669. The maximum atomic E-state index is 15.5. The first-order valence-electron chi connectivity index (χ1n) is 17.0. The minimum atomic E-state index is -0.765. The third-order valence-electron chi connectivity index (χ3n) is 9.06. The summed E-state index contributed by atoms with van der Waals surface area (Å²) >= 11 is 0. The van der Waals surface area contributed by atoms with Gasteiger partial charge in [-0.3, -0.25) is 14.6 Å². The second-order valence-electron chi connectivity index (χ2n) is 12.7. The quantitative estimate of drug-likeness (QED) is 0.139. The maximum Gasteiger partial charge on any atom is 0.280 e. The molecule has 0 spiro atoms. The van der Waals surface area contributed by atoms with Crippen molar-refractivity contribution in [1.29, 1.82) is 0 Å². The molecular weight excluding hydrogens is 649 g/mol.